The summed E-state index contributed by atoms with van der Waals surface area (Å²) in [6.45, 7) is 1.80. The van der Waals surface area contributed by atoms with Gasteiger partial charge in [0, 0.05) is 41.0 Å². The number of nitrogens with zero attached hydrogens (tertiary/aromatic N) is 1. The number of nitrogens with one attached hydrogen (secondary N) is 1. The molecule has 2 aromatic rings. The van der Waals surface area contributed by atoms with E-state index >= 15 is 0 Å². The molecule has 9 heteroatoms. The predicted octanol–water partition coefficient (Wildman–Crippen LogP) is 6.05. The van der Waals surface area contributed by atoms with Gasteiger partial charge in [0.15, 0.2) is 0 Å². The summed E-state index contributed by atoms with van der Waals surface area (Å²) in [4.78, 5) is 16.2. The van der Waals surface area contributed by atoms with Crippen LogP contribution in [0.4, 0.5) is 22.0 Å². The maximum Gasteiger partial charge on any atom is 0.433 e. The number of alkyl halides is 5. The molecule has 1 aromatic heterocycles. The molecular formula is C21H20BrF5N2O. The van der Waals surface area contributed by atoms with Crippen molar-refractivity contribution in [1.82, 2.24) is 10.3 Å². The van der Waals surface area contributed by atoms with E-state index in [9.17, 15) is 26.7 Å². The fraction of sp³-hybridized carbons (Fsp3) is 0.429. The summed E-state index contributed by atoms with van der Waals surface area (Å²) in [5.74, 6) is -3.20. The molecule has 1 fully saturated rings. The van der Waals surface area contributed by atoms with Crippen LogP contribution in [-0.2, 0) is 11.6 Å². The number of benzene rings is 1. The number of carbonyl (C=O) groups excluding carboxylic acids is 1. The average Bonchev–Trinajstić information content (AvgIpc) is 2.69. The van der Waals surface area contributed by atoms with E-state index in [4.69, 9.17) is 0 Å². The van der Waals surface area contributed by atoms with E-state index in [1.165, 1.54) is 6.07 Å². The van der Waals surface area contributed by atoms with Crippen molar-refractivity contribution in [2.45, 2.75) is 50.1 Å². The number of carbonyl (C=O) groups is 1. The number of hydrogen-bond acceptors (Lipinski definition) is 2. The van der Waals surface area contributed by atoms with Crippen molar-refractivity contribution >= 4 is 21.8 Å². The summed E-state index contributed by atoms with van der Waals surface area (Å²) in [5.41, 5.74) is -0.371. The third-order valence-electron chi connectivity index (χ3n) is 5.70. The molecule has 1 aliphatic rings. The Morgan fingerprint density at radius 3 is 2.37 bits per heavy atom. The van der Waals surface area contributed by atoms with Crippen LogP contribution in [0.1, 0.15) is 52.9 Å². The molecular weight excluding hydrogens is 471 g/mol. The summed E-state index contributed by atoms with van der Waals surface area (Å²) in [7, 11) is 0. The Hall–Kier alpha value is -2.03. The minimum absolute atomic E-state index is 0.0287. The van der Waals surface area contributed by atoms with Gasteiger partial charge >= 0.3 is 6.18 Å². The van der Waals surface area contributed by atoms with Gasteiger partial charge in [-0.25, -0.2) is 8.78 Å². The molecule has 0 spiro atoms. The lowest BCUT2D eigenvalue weighted by Crippen LogP contribution is -2.45. The molecule has 0 unspecified atom stereocenters. The monoisotopic (exact) mass is 490 g/mol. The topological polar surface area (TPSA) is 42.0 Å². The number of pyridine rings is 1. The molecule has 1 amide bonds. The minimum Gasteiger partial charge on any atom is -0.351 e. The van der Waals surface area contributed by atoms with Crippen molar-refractivity contribution in [2.24, 2.45) is 0 Å². The van der Waals surface area contributed by atoms with Crippen LogP contribution in [0.25, 0.3) is 0 Å². The van der Waals surface area contributed by atoms with Crippen LogP contribution < -0.4 is 5.32 Å². The molecule has 3 rings (SSSR count). The Morgan fingerprint density at radius 2 is 1.80 bits per heavy atom. The average molecular weight is 491 g/mol. The van der Waals surface area contributed by atoms with Gasteiger partial charge in [-0.05, 0) is 49.1 Å². The van der Waals surface area contributed by atoms with Crippen molar-refractivity contribution in [2.75, 3.05) is 6.54 Å². The van der Waals surface area contributed by atoms with E-state index in [2.05, 4.69) is 26.2 Å². The van der Waals surface area contributed by atoms with Crippen LogP contribution in [0.15, 0.2) is 41.0 Å². The van der Waals surface area contributed by atoms with Crippen LogP contribution in [0.3, 0.4) is 0 Å². The first-order valence-electron chi connectivity index (χ1n) is 9.38. The quantitative estimate of drug-likeness (QED) is 0.530. The number of aromatic nitrogens is 1. The Labute approximate surface area is 179 Å². The van der Waals surface area contributed by atoms with Gasteiger partial charge in [0.1, 0.15) is 5.69 Å². The Kier molecular flexibility index (Phi) is 6.23. The molecule has 1 N–H and O–H groups in total. The smallest absolute Gasteiger partial charge is 0.351 e. The second-order valence-electron chi connectivity index (χ2n) is 7.66. The summed E-state index contributed by atoms with van der Waals surface area (Å²) in [6.07, 6.45) is -4.24. The highest BCUT2D eigenvalue weighted by Gasteiger charge is 2.45. The first-order valence-corrected chi connectivity index (χ1v) is 10.2. The Morgan fingerprint density at radius 1 is 1.13 bits per heavy atom. The first-order chi connectivity index (χ1) is 13.9. The lowest BCUT2D eigenvalue weighted by atomic mass is 9.68. The van der Waals surface area contributed by atoms with Gasteiger partial charge < -0.3 is 5.32 Å². The molecule has 1 aliphatic carbocycles. The number of hydrogen-bond donors (Lipinski definition) is 1. The highest BCUT2D eigenvalue weighted by atomic mass is 79.9. The second kappa shape index (κ2) is 8.24. The van der Waals surface area contributed by atoms with Gasteiger partial charge in [-0.1, -0.05) is 28.1 Å². The number of rotatable bonds is 4. The normalized spacial score (nSPS) is 18.1. The first kappa shape index (κ1) is 22.7. The van der Waals surface area contributed by atoms with Crippen molar-refractivity contribution in [1.29, 1.82) is 0 Å². The molecule has 0 saturated heterocycles. The third kappa shape index (κ3) is 4.82. The Bertz CT molecular complexity index is 918. The summed E-state index contributed by atoms with van der Waals surface area (Å²) < 4.78 is 66.9. The summed E-state index contributed by atoms with van der Waals surface area (Å²) in [5, 5.41) is 2.79. The summed E-state index contributed by atoms with van der Waals surface area (Å²) in [6, 6.07) is 7.28. The lowest BCUT2D eigenvalue weighted by Gasteiger charge is -2.40. The molecule has 3 nitrogen and oxygen atoms in total. The van der Waals surface area contributed by atoms with Crippen LogP contribution in [0.5, 0.6) is 0 Å². The zero-order valence-corrected chi connectivity index (χ0v) is 17.7. The molecule has 0 bridgehead atoms. The van der Waals surface area contributed by atoms with E-state index in [1.54, 1.807) is 25.1 Å². The predicted molar refractivity (Wildman–Crippen MR) is 106 cm³/mol. The highest BCUT2D eigenvalue weighted by Crippen LogP contribution is 2.45. The van der Waals surface area contributed by atoms with Crippen LogP contribution >= 0.6 is 15.9 Å². The van der Waals surface area contributed by atoms with Gasteiger partial charge in [-0.3, -0.25) is 9.78 Å². The number of amides is 1. The molecule has 0 radical (unpaired) electrons. The van der Waals surface area contributed by atoms with Crippen molar-refractivity contribution in [3.05, 3.63) is 63.4 Å². The third-order valence-corrected chi connectivity index (χ3v) is 6.56. The molecule has 1 saturated carbocycles. The lowest BCUT2D eigenvalue weighted by molar-refractivity contribution is -0.141. The molecule has 0 aliphatic heterocycles. The van der Waals surface area contributed by atoms with Crippen molar-refractivity contribution in [3.63, 3.8) is 0 Å². The van der Waals surface area contributed by atoms with Gasteiger partial charge in [-0.2, -0.15) is 13.2 Å². The summed E-state index contributed by atoms with van der Waals surface area (Å²) >= 11 is 3.36. The largest absolute Gasteiger partial charge is 0.433 e. The number of halogens is 6. The fourth-order valence-corrected chi connectivity index (χ4v) is 4.10. The van der Waals surface area contributed by atoms with Gasteiger partial charge in [0.05, 0.1) is 0 Å². The highest BCUT2D eigenvalue weighted by molar-refractivity contribution is 9.10. The van der Waals surface area contributed by atoms with Gasteiger partial charge in [0.2, 0.25) is 5.92 Å². The van der Waals surface area contributed by atoms with E-state index in [0.29, 0.717) is 11.1 Å². The van der Waals surface area contributed by atoms with Crippen LogP contribution in [0.2, 0.25) is 0 Å². The van der Waals surface area contributed by atoms with Gasteiger partial charge in [-0.15, -0.1) is 0 Å². The van der Waals surface area contributed by atoms with Crippen LogP contribution in [0, 0.1) is 6.92 Å². The standard InChI is InChI=1S/C21H20BrF5N2O/c1-13-15(3-2-4-16(13)22)18(30)29-12-19(7-9-20(23,24)10-8-19)14-5-6-17(28-11-14)21(25,26)27/h2-6,11H,7-10,12H2,1H3,(H,29,30). The maximum atomic E-state index is 13.8. The van der Waals surface area contributed by atoms with E-state index in [0.717, 1.165) is 22.3 Å². The zero-order valence-electron chi connectivity index (χ0n) is 16.1. The Balaban J connectivity index is 1.86. The van der Waals surface area contributed by atoms with Crippen molar-refractivity contribution < 1.29 is 26.7 Å². The zero-order chi connectivity index (χ0) is 22.2. The fourth-order valence-electron chi connectivity index (χ4n) is 3.74. The van der Waals surface area contributed by atoms with E-state index in [1.807, 2.05) is 0 Å². The molecule has 162 valence electrons. The maximum absolute atomic E-state index is 13.8. The molecule has 30 heavy (non-hydrogen) atoms. The van der Waals surface area contributed by atoms with E-state index < -0.39 is 36.0 Å². The molecule has 0 atom stereocenters. The molecule has 1 aromatic carbocycles. The minimum atomic E-state index is -4.59. The SMILES string of the molecule is Cc1c(Br)cccc1C(=O)NCC1(c2ccc(C(F)(F)F)nc2)CCC(F)(F)CC1. The van der Waals surface area contributed by atoms with Crippen LogP contribution in [-0.4, -0.2) is 23.4 Å². The molecule has 1 heterocycles. The van der Waals surface area contributed by atoms with Crippen molar-refractivity contribution in [3.8, 4) is 0 Å². The second-order valence-corrected chi connectivity index (χ2v) is 8.52. The van der Waals surface area contributed by atoms with Gasteiger partial charge in [0.25, 0.3) is 5.91 Å². The van der Waals surface area contributed by atoms with E-state index in [-0.39, 0.29) is 25.3 Å².